The second-order valence-electron chi connectivity index (χ2n) is 6.81. The molecule has 7 heteroatoms. The van der Waals surface area contributed by atoms with Crippen LogP contribution in [-0.4, -0.2) is 18.9 Å². The van der Waals surface area contributed by atoms with Crippen molar-refractivity contribution in [1.82, 2.24) is 0 Å². The predicted molar refractivity (Wildman–Crippen MR) is 111 cm³/mol. The van der Waals surface area contributed by atoms with Crippen molar-refractivity contribution in [1.29, 1.82) is 0 Å². The van der Waals surface area contributed by atoms with E-state index < -0.39 is 11.7 Å². The van der Waals surface area contributed by atoms with Crippen LogP contribution in [-0.2, 0) is 4.79 Å². The molecule has 0 saturated carbocycles. The molecular weight excluding hydrogens is 391 g/mol. The highest BCUT2D eigenvalue weighted by molar-refractivity contribution is 7.18. The van der Waals surface area contributed by atoms with E-state index in [1.54, 1.807) is 19.2 Å². The lowest BCUT2D eigenvalue weighted by atomic mass is 9.85. The predicted octanol–water partition coefficient (Wildman–Crippen LogP) is 4.93. The highest BCUT2D eigenvalue weighted by Crippen LogP contribution is 2.45. The monoisotopic (exact) mass is 410 g/mol. The van der Waals surface area contributed by atoms with Crippen LogP contribution in [0, 0.1) is 12.7 Å². The molecule has 5 nitrogen and oxygen atoms in total. The fourth-order valence-corrected chi connectivity index (χ4v) is 4.79. The van der Waals surface area contributed by atoms with Gasteiger partial charge < -0.3 is 15.4 Å². The minimum absolute atomic E-state index is 0.104. The Morgan fingerprint density at radius 2 is 2.03 bits per heavy atom. The Bertz CT molecular complexity index is 1110. The summed E-state index contributed by atoms with van der Waals surface area (Å²) in [6, 6.07) is 13.6. The number of carbonyl (C=O) groups excluding carboxylic acids is 2. The summed E-state index contributed by atoms with van der Waals surface area (Å²) in [6.07, 6.45) is 0.284. The van der Waals surface area contributed by atoms with Gasteiger partial charge in [0.2, 0.25) is 5.91 Å². The first-order chi connectivity index (χ1) is 14.0. The molecule has 0 unspecified atom stereocenters. The van der Waals surface area contributed by atoms with Crippen molar-refractivity contribution in [2.75, 3.05) is 17.7 Å². The van der Waals surface area contributed by atoms with Crippen LogP contribution in [0.5, 0.6) is 5.75 Å². The lowest BCUT2D eigenvalue weighted by molar-refractivity contribution is -0.116. The molecule has 29 heavy (non-hydrogen) atoms. The molecule has 2 heterocycles. The van der Waals surface area contributed by atoms with Crippen LogP contribution in [0.3, 0.4) is 0 Å². The highest BCUT2D eigenvalue weighted by Gasteiger charge is 2.33. The van der Waals surface area contributed by atoms with Gasteiger partial charge in [0.1, 0.15) is 11.6 Å². The molecule has 0 fully saturated rings. The van der Waals surface area contributed by atoms with Crippen LogP contribution < -0.4 is 15.4 Å². The van der Waals surface area contributed by atoms with Crippen LogP contribution >= 0.6 is 11.3 Å². The summed E-state index contributed by atoms with van der Waals surface area (Å²) in [6.45, 7) is 1.86. The van der Waals surface area contributed by atoms with Gasteiger partial charge in [-0.15, -0.1) is 11.3 Å². The Kier molecular flexibility index (Phi) is 5.07. The topological polar surface area (TPSA) is 67.4 Å². The Labute approximate surface area is 171 Å². The van der Waals surface area contributed by atoms with Crippen molar-refractivity contribution in [2.45, 2.75) is 19.3 Å². The van der Waals surface area contributed by atoms with E-state index in [4.69, 9.17) is 4.74 Å². The molecule has 1 aliphatic rings. The van der Waals surface area contributed by atoms with E-state index in [0.717, 1.165) is 16.7 Å². The molecule has 1 aliphatic heterocycles. The van der Waals surface area contributed by atoms with Crippen molar-refractivity contribution >= 4 is 33.8 Å². The second kappa shape index (κ2) is 7.67. The van der Waals surface area contributed by atoms with Crippen molar-refractivity contribution in [3.05, 3.63) is 75.9 Å². The van der Waals surface area contributed by atoms with E-state index >= 15 is 0 Å². The van der Waals surface area contributed by atoms with E-state index in [2.05, 4.69) is 10.6 Å². The third-order valence-corrected chi connectivity index (χ3v) is 6.23. The van der Waals surface area contributed by atoms with Crippen molar-refractivity contribution in [2.24, 2.45) is 0 Å². The maximum atomic E-state index is 13.9. The number of hydrogen-bond donors (Lipinski definition) is 2. The number of thiophene rings is 1. The second-order valence-corrected chi connectivity index (χ2v) is 7.84. The Morgan fingerprint density at radius 3 is 2.79 bits per heavy atom. The minimum atomic E-state index is -0.498. The average Bonchev–Trinajstić information content (AvgIpc) is 3.05. The summed E-state index contributed by atoms with van der Waals surface area (Å²) in [5, 5.41) is 6.16. The van der Waals surface area contributed by atoms with Gasteiger partial charge >= 0.3 is 0 Å². The van der Waals surface area contributed by atoms with Crippen molar-refractivity contribution in [3.8, 4) is 5.75 Å². The van der Waals surface area contributed by atoms with Gasteiger partial charge in [0, 0.05) is 12.3 Å². The first-order valence-electron chi connectivity index (χ1n) is 9.11. The number of ether oxygens (including phenoxy) is 1. The molecular formula is C22H19FN2O3S. The molecule has 2 aromatic carbocycles. The first-order valence-corrected chi connectivity index (χ1v) is 9.92. The van der Waals surface area contributed by atoms with Crippen LogP contribution in [0.15, 0.2) is 48.5 Å². The van der Waals surface area contributed by atoms with Gasteiger partial charge in [-0.2, -0.15) is 0 Å². The van der Waals surface area contributed by atoms with Gasteiger partial charge in [-0.1, -0.05) is 24.3 Å². The number of anilines is 2. The van der Waals surface area contributed by atoms with E-state index in [1.807, 2.05) is 31.2 Å². The largest absolute Gasteiger partial charge is 0.497 e. The summed E-state index contributed by atoms with van der Waals surface area (Å²) in [4.78, 5) is 25.6. The maximum Gasteiger partial charge on any atom is 0.266 e. The van der Waals surface area contributed by atoms with E-state index in [-0.39, 0.29) is 23.9 Å². The van der Waals surface area contributed by atoms with Gasteiger partial charge in [0.15, 0.2) is 0 Å². The molecule has 2 N–H and O–H groups in total. The summed E-state index contributed by atoms with van der Waals surface area (Å²) in [7, 11) is 1.60. The molecule has 0 aliphatic carbocycles. The van der Waals surface area contributed by atoms with E-state index in [0.29, 0.717) is 15.6 Å². The number of amides is 2. The zero-order chi connectivity index (χ0) is 20.5. The van der Waals surface area contributed by atoms with Crippen LogP contribution in [0.25, 0.3) is 0 Å². The summed E-state index contributed by atoms with van der Waals surface area (Å²) in [5.74, 6) is -0.471. The van der Waals surface area contributed by atoms with Gasteiger partial charge in [0.25, 0.3) is 5.91 Å². The number of benzene rings is 2. The number of rotatable bonds is 4. The summed E-state index contributed by atoms with van der Waals surface area (Å²) in [5.41, 5.74) is 2.77. The SMILES string of the molecule is COc1cccc([C@H]2CC(=O)Nc3sc(C(=O)Nc4ccccc4F)c(C)c32)c1. The van der Waals surface area contributed by atoms with Gasteiger partial charge in [0.05, 0.1) is 22.7 Å². The van der Waals surface area contributed by atoms with Gasteiger partial charge in [-0.05, 0) is 47.9 Å². The molecule has 1 aromatic heterocycles. The van der Waals surface area contributed by atoms with E-state index in [1.165, 1.54) is 23.5 Å². The molecule has 1 atom stereocenters. The molecule has 0 spiro atoms. The molecule has 4 rings (SSSR count). The van der Waals surface area contributed by atoms with Gasteiger partial charge in [-0.3, -0.25) is 9.59 Å². The van der Waals surface area contributed by atoms with Crippen LogP contribution in [0.1, 0.15) is 38.7 Å². The fraction of sp³-hybridized carbons (Fsp3) is 0.182. The molecule has 148 valence electrons. The van der Waals surface area contributed by atoms with Crippen LogP contribution in [0.4, 0.5) is 15.1 Å². The zero-order valence-corrected chi connectivity index (χ0v) is 16.7. The van der Waals surface area contributed by atoms with Crippen LogP contribution in [0.2, 0.25) is 0 Å². The lowest BCUT2D eigenvalue weighted by Gasteiger charge is -2.24. The third kappa shape index (κ3) is 3.61. The summed E-state index contributed by atoms with van der Waals surface area (Å²) < 4.78 is 19.2. The molecule has 2 amide bonds. The average molecular weight is 410 g/mol. The lowest BCUT2D eigenvalue weighted by Crippen LogP contribution is -2.22. The highest BCUT2D eigenvalue weighted by atomic mass is 32.1. The maximum absolute atomic E-state index is 13.9. The number of para-hydroxylation sites is 1. The Hall–Kier alpha value is -3.19. The fourth-order valence-electron chi connectivity index (χ4n) is 3.60. The van der Waals surface area contributed by atoms with Crippen molar-refractivity contribution in [3.63, 3.8) is 0 Å². The number of methoxy groups -OCH3 is 1. The molecule has 0 saturated heterocycles. The number of halogens is 1. The number of fused-ring (bicyclic) bond motifs is 1. The Morgan fingerprint density at radius 1 is 1.24 bits per heavy atom. The van der Waals surface area contributed by atoms with Crippen molar-refractivity contribution < 1.29 is 18.7 Å². The third-order valence-electron chi connectivity index (χ3n) is 5.01. The Balaban J connectivity index is 1.72. The first kappa shape index (κ1) is 19.1. The molecule has 0 bridgehead atoms. The number of carbonyl (C=O) groups is 2. The smallest absolute Gasteiger partial charge is 0.266 e. The summed E-state index contributed by atoms with van der Waals surface area (Å²) >= 11 is 1.21. The normalized spacial score (nSPS) is 15.4. The molecule has 3 aromatic rings. The van der Waals surface area contributed by atoms with E-state index in [9.17, 15) is 14.0 Å². The standard InChI is InChI=1S/C22H19FN2O3S/c1-12-19-15(13-6-5-7-14(10-13)28-2)11-18(26)25-22(19)29-20(12)21(27)24-17-9-4-3-8-16(17)23/h3-10,15H,11H2,1-2H3,(H,24,27)(H,25,26)/t15-/m1/s1. The molecule has 0 radical (unpaired) electrons. The zero-order valence-electron chi connectivity index (χ0n) is 15.9. The number of nitrogens with one attached hydrogen (secondary N) is 2. The number of hydrogen-bond acceptors (Lipinski definition) is 4. The van der Waals surface area contributed by atoms with Gasteiger partial charge in [-0.25, -0.2) is 4.39 Å². The quantitative estimate of drug-likeness (QED) is 0.641. The minimum Gasteiger partial charge on any atom is -0.497 e.